The molecule has 0 aliphatic carbocycles. The second-order valence-electron chi connectivity index (χ2n) is 19.2. The number of hydrogen-bond acceptors (Lipinski definition) is 6. The zero-order valence-corrected chi connectivity index (χ0v) is 44.4. The van der Waals surface area contributed by atoms with Gasteiger partial charge in [-0.2, -0.15) is 0 Å². The van der Waals surface area contributed by atoms with Gasteiger partial charge in [0.15, 0.2) is 6.10 Å². The van der Waals surface area contributed by atoms with Crippen molar-refractivity contribution in [3.63, 3.8) is 0 Å². The number of ether oxygens (including phenoxy) is 3. The summed E-state index contributed by atoms with van der Waals surface area (Å²) >= 11 is 0. The van der Waals surface area contributed by atoms with E-state index < -0.39 is 6.10 Å². The minimum atomic E-state index is -0.785. The van der Waals surface area contributed by atoms with E-state index in [-0.39, 0.29) is 31.1 Å². The Morgan fingerprint density at radius 3 is 0.940 bits per heavy atom. The molecule has 1 atom stereocenters. The zero-order chi connectivity index (χ0) is 48.6. The molecule has 6 nitrogen and oxygen atoms in total. The molecule has 0 N–H and O–H groups in total. The average molecular weight is 938 g/mol. The molecule has 0 saturated carbocycles. The highest BCUT2D eigenvalue weighted by Gasteiger charge is 2.19. The van der Waals surface area contributed by atoms with Crippen LogP contribution in [0.3, 0.4) is 0 Å². The van der Waals surface area contributed by atoms with E-state index in [1.165, 1.54) is 141 Å². The molecule has 388 valence electrons. The van der Waals surface area contributed by atoms with E-state index in [9.17, 15) is 14.4 Å². The van der Waals surface area contributed by atoms with E-state index in [2.05, 4.69) is 81.5 Å². The molecule has 0 aliphatic heterocycles. The molecule has 0 aromatic rings. The van der Waals surface area contributed by atoms with Gasteiger partial charge in [0.05, 0.1) is 0 Å². The first kappa shape index (κ1) is 64.1. The third-order valence-corrected chi connectivity index (χ3v) is 12.5. The molecule has 0 aromatic carbocycles. The van der Waals surface area contributed by atoms with Gasteiger partial charge in [0, 0.05) is 19.3 Å². The van der Waals surface area contributed by atoms with Crippen LogP contribution in [0.4, 0.5) is 0 Å². The van der Waals surface area contributed by atoms with Crippen molar-refractivity contribution < 1.29 is 28.6 Å². The second-order valence-corrected chi connectivity index (χ2v) is 19.2. The lowest BCUT2D eigenvalue weighted by molar-refractivity contribution is -0.167. The molecule has 0 heterocycles. The maximum atomic E-state index is 12.8. The molecule has 0 aliphatic rings. The number of rotatable bonds is 52. The van der Waals surface area contributed by atoms with E-state index in [0.717, 1.165) is 109 Å². The Hall–Kier alpha value is -2.89. The number of unbranched alkanes of at least 4 members (excludes halogenated alkanes) is 31. The topological polar surface area (TPSA) is 78.9 Å². The molecule has 0 saturated heterocycles. The Balaban J connectivity index is 4.33. The van der Waals surface area contributed by atoms with Crippen molar-refractivity contribution >= 4 is 17.9 Å². The summed E-state index contributed by atoms with van der Waals surface area (Å²) in [4.78, 5) is 38.1. The third-order valence-electron chi connectivity index (χ3n) is 12.5. The second kappa shape index (κ2) is 55.7. The summed E-state index contributed by atoms with van der Waals surface area (Å²) in [6.45, 7) is 6.51. The van der Waals surface area contributed by atoms with E-state index in [1.54, 1.807) is 0 Å². The van der Waals surface area contributed by atoms with Crippen LogP contribution in [0.5, 0.6) is 0 Å². The minimum Gasteiger partial charge on any atom is -0.462 e. The van der Waals surface area contributed by atoms with Crippen molar-refractivity contribution in [2.75, 3.05) is 13.2 Å². The Morgan fingerprint density at radius 1 is 0.313 bits per heavy atom. The van der Waals surface area contributed by atoms with Crippen molar-refractivity contribution in [2.24, 2.45) is 0 Å². The van der Waals surface area contributed by atoms with E-state index in [4.69, 9.17) is 14.2 Å². The van der Waals surface area contributed by atoms with Crippen LogP contribution in [0.1, 0.15) is 290 Å². The van der Waals surface area contributed by atoms with Crippen LogP contribution in [0, 0.1) is 0 Å². The third kappa shape index (κ3) is 53.9. The summed E-state index contributed by atoms with van der Waals surface area (Å²) in [6, 6.07) is 0. The molecule has 67 heavy (non-hydrogen) atoms. The fourth-order valence-corrected chi connectivity index (χ4v) is 8.15. The van der Waals surface area contributed by atoms with Crippen LogP contribution in [0.2, 0.25) is 0 Å². The molecule has 0 aromatic heterocycles. The van der Waals surface area contributed by atoms with E-state index >= 15 is 0 Å². The van der Waals surface area contributed by atoms with Crippen molar-refractivity contribution in [1.82, 2.24) is 0 Å². The summed E-state index contributed by atoms with van der Waals surface area (Å²) in [5.41, 5.74) is 0. The van der Waals surface area contributed by atoms with Gasteiger partial charge in [0.2, 0.25) is 0 Å². The predicted molar refractivity (Wildman–Crippen MR) is 288 cm³/mol. The van der Waals surface area contributed by atoms with Crippen molar-refractivity contribution in [3.8, 4) is 0 Å². The number of carbonyl (C=O) groups is 3. The molecule has 0 radical (unpaired) electrons. The maximum absolute atomic E-state index is 12.8. The Labute approximate surface area is 415 Å². The molecule has 0 rings (SSSR count). The largest absolute Gasteiger partial charge is 0.462 e. The lowest BCUT2D eigenvalue weighted by atomic mass is 10.0. The summed E-state index contributed by atoms with van der Waals surface area (Å²) in [5, 5.41) is 0. The van der Waals surface area contributed by atoms with Crippen LogP contribution in [-0.4, -0.2) is 37.2 Å². The smallest absolute Gasteiger partial charge is 0.306 e. The Morgan fingerprint density at radius 2 is 0.582 bits per heavy atom. The van der Waals surface area contributed by atoms with Gasteiger partial charge in [-0.25, -0.2) is 0 Å². The van der Waals surface area contributed by atoms with E-state index in [0.29, 0.717) is 19.3 Å². The lowest BCUT2D eigenvalue weighted by Gasteiger charge is -2.18. The molecule has 0 spiro atoms. The Bertz CT molecular complexity index is 1210. The normalized spacial score (nSPS) is 12.5. The number of esters is 3. The molecular weight excluding hydrogens is 829 g/mol. The molecule has 6 heteroatoms. The summed E-state index contributed by atoms with van der Waals surface area (Å²) in [6.07, 6.45) is 69.3. The van der Waals surface area contributed by atoms with Crippen molar-refractivity contribution in [1.29, 1.82) is 0 Å². The molecule has 0 fully saturated rings. The highest BCUT2D eigenvalue weighted by atomic mass is 16.6. The molecule has 0 unspecified atom stereocenters. The number of carbonyl (C=O) groups excluding carboxylic acids is 3. The maximum Gasteiger partial charge on any atom is 0.306 e. The first-order chi connectivity index (χ1) is 33.0. The van der Waals surface area contributed by atoms with Gasteiger partial charge in [-0.15, -0.1) is 0 Å². The summed E-state index contributed by atoms with van der Waals surface area (Å²) in [5.74, 6) is -0.900. The summed E-state index contributed by atoms with van der Waals surface area (Å²) < 4.78 is 16.8. The van der Waals surface area contributed by atoms with Gasteiger partial charge in [0.1, 0.15) is 13.2 Å². The van der Waals surface area contributed by atoms with Gasteiger partial charge in [0.25, 0.3) is 0 Å². The first-order valence-electron chi connectivity index (χ1n) is 28.8. The fraction of sp³-hybridized carbons (Fsp3) is 0.787. The number of hydrogen-bond donors (Lipinski definition) is 0. The molecule has 0 amide bonds. The standard InChI is InChI=1S/C61H108O6/c1-4-7-10-13-16-19-22-25-27-28-29-30-31-32-34-37-39-42-45-48-51-54-60(63)66-57-58(67-61(64)55-52-49-46-43-40-35-24-21-18-15-12-9-6-3)56-65-59(62)53-50-47-44-41-38-36-33-26-23-20-17-14-11-8-5-2/h8,11,17,20-21,24-27,33,58H,4-7,9-10,12-16,18-19,22-23,28-32,34-57H2,1-3H3/b11-8-,20-17-,24-21-,27-25-,33-26-/t58-/m1/s1. The molecular formula is C61H108O6. The SMILES string of the molecule is CC/C=C\C/C=C\C/C=C\CCCCCCCC(=O)OC[C@H](COC(=O)CCCCCCCCCCCCC/C=C\CCCCCCCC)OC(=O)CCCCCCC/C=C\CCCCCC. The van der Waals surface area contributed by atoms with Gasteiger partial charge in [-0.3, -0.25) is 14.4 Å². The van der Waals surface area contributed by atoms with Crippen molar-refractivity contribution in [3.05, 3.63) is 60.8 Å². The summed E-state index contributed by atoms with van der Waals surface area (Å²) in [7, 11) is 0. The fourth-order valence-electron chi connectivity index (χ4n) is 8.15. The quantitative estimate of drug-likeness (QED) is 0.0262. The molecule has 0 bridgehead atoms. The minimum absolute atomic E-state index is 0.0824. The van der Waals surface area contributed by atoms with Gasteiger partial charge in [-0.1, -0.05) is 229 Å². The van der Waals surface area contributed by atoms with E-state index in [1.807, 2.05) is 0 Å². The van der Waals surface area contributed by atoms with Crippen LogP contribution in [-0.2, 0) is 28.6 Å². The highest BCUT2D eigenvalue weighted by Crippen LogP contribution is 2.15. The number of allylic oxidation sites excluding steroid dienone is 10. The van der Waals surface area contributed by atoms with Crippen molar-refractivity contribution in [2.45, 2.75) is 297 Å². The zero-order valence-electron chi connectivity index (χ0n) is 44.4. The monoisotopic (exact) mass is 937 g/mol. The predicted octanol–water partition coefficient (Wildman–Crippen LogP) is 19.2. The lowest BCUT2D eigenvalue weighted by Crippen LogP contribution is -2.30. The van der Waals surface area contributed by atoms with Gasteiger partial charge < -0.3 is 14.2 Å². The van der Waals surface area contributed by atoms with Crippen LogP contribution in [0.25, 0.3) is 0 Å². The van der Waals surface area contributed by atoms with Gasteiger partial charge >= 0.3 is 17.9 Å². The highest BCUT2D eigenvalue weighted by molar-refractivity contribution is 5.71. The van der Waals surface area contributed by atoms with Crippen LogP contribution < -0.4 is 0 Å². The average Bonchev–Trinajstić information content (AvgIpc) is 3.33. The van der Waals surface area contributed by atoms with Crippen LogP contribution >= 0.6 is 0 Å². The van der Waals surface area contributed by atoms with Crippen LogP contribution in [0.15, 0.2) is 60.8 Å². The van der Waals surface area contributed by atoms with Gasteiger partial charge in [-0.05, 0) is 103 Å². The first-order valence-corrected chi connectivity index (χ1v) is 28.8. The Kier molecular flexibility index (Phi) is 53.3.